The monoisotopic (exact) mass is 252 g/mol. The van der Waals surface area contributed by atoms with Crippen LogP contribution in [0.5, 0.6) is 0 Å². The molecule has 0 bridgehead atoms. The van der Waals surface area contributed by atoms with E-state index in [0.717, 1.165) is 11.4 Å². The molecule has 2 heterocycles. The highest BCUT2D eigenvalue weighted by Crippen LogP contribution is 2.14. The third-order valence-corrected chi connectivity index (χ3v) is 2.89. The summed E-state index contributed by atoms with van der Waals surface area (Å²) in [6.07, 6.45) is -0.589. The number of aromatic nitrogens is 3. The molecule has 0 aliphatic carbocycles. The van der Waals surface area contributed by atoms with Crippen LogP contribution in [-0.2, 0) is 14.3 Å². The van der Waals surface area contributed by atoms with E-state index in [9.17, 15) is 4.79 Å². The minimum absolute atomic E-state index is 0.378. The Morgan fingerprint density at radius 2 is 2.17 bits per heavy atom. The average Bonchev–Trinajstić information content (AvgIpc) is 2.41. The van der Waals surface area contributed by atoms with E-state index in [2.05, 4.69) is 19.9 Å². The number of rotatable bonds is 2. The number of ether oxygens (including phenoxy) is 2. The van der Waals surface area contributed by atoms with E-state index in [1.54, 1.807) is 0 Å². The van der Waals surface area contributed by atoms with Gasteiger partial charge in [-0.25, -0.2) is 9.78 Å². The van der Waals surface area contributed by atoms with Crippen molar-refractivity contribution in [3.05, 3.63) is 11.4 Å². The normalized spacial score (nSPS) is 19.7. The van der Waals surface area contributed by atoms with Gasteiger partial charge in [0.05, 0.1) is 31.6 Å². The van der Waals surface area contributed by atoms with Crippen molar-refractivity contribution in [1.82, 2.24) is 15.2 Å². The number of morpholine rings is 1. The first-order chi connectivity index (χ1) is 8.61. The smallest absolute Gasteiger partial charge is 0.336 e. The highest BCUT2D eigenvalue weighted by atomic mass is 16.6. The van der Waals surface area contributed by atoms with Crippen molar-refractivity contribution in [2.45, 2.75) is 20.0 Å². The van der Waals surface area contributed by atoms with Gasteiger partial charge in [-0.2, -0.15) is 5.10 Å². The van der Waals surface area contributed by atoms with Gasteiger partial charge in [0.1, 0.15) is 0 Å². The molecule has 0 saturated carbocycles. The van der Waals surface area contributed by atoms with Crippen molar-refractivity contribution in [2.75, 3.05) is 31.7 Å². The number of hydrogen-bond donors (Lipinski definition) is 0. The summed E-state index contributed by atoms with van der Waals surface area (Å²) in [6.45, 7) is 5.20. The molecule has 2 rings (SSSR count). The minimum Gasteiger partial charge on any atom is -0.467 e. The minimum atomic E-state index is -0.589. The van der Waals surface area contributed by atoms with Crippen LogP contribution < -0.4 is 4.90 Å². The van der Waals surface area contributed by atoms with E-state index >= 15 is 0 Å². The summed E-state index contributed by atoms with van der Waals surface area (Å²) in [5.74, 6) is 0.145. The second kappa shape index (κ2) is 5.26. The molecular weight excluding hydrogens is 236 g/mol. The zero-order valence-corrected chi connectivity index (χ0v) is 10.7. The fraction of sp³-hybridized carbons (Fsp3) is 0.636. The Morgan fingerprint density at radius 1 is 1.39 bits per heavy atom. The van der Waals surface area contributed by atoms with Crippen molar-refractivity contribution in [1.29, 1.82) is 0 Å². The summed E-state index contributed by atoms with van der Waals surface area (Å²) in [5.41, 5.74) is 1.64. The second-order valence-corrected chi connectivity index (χ2v) is 4.11. The summed E-state index contributed by atoms with van der Waals surface area (Å²) in [7, 11) is 1.35. The molecule has 7 heteroatoms. The van der Waals surface area contributed by atoms with Gasteiger partial charge >= 0.3 is 5.97 Å². The Kier molecular flexibility index (Phi) is 3.71. The number of aryl methyl sites for hydroxylation is 2. The average molecular weight is 252 g/mol. The first-order valence-electron chi connectivity index (χ1n) is 5.74. The van der Waals surface area contributed by atoms with Crippen molar-refractivity contribution in [2.24, 2.45) is 0 Å². The zero-order valence-electron chi connectivity index (χ0n) is 10.7. The third kappa shape index (κ3) is 2.56. The van der Waals surface area contributed by atoms with Gasteiger partial charge in [-0.3, -0.25) is 0 Å². The summed E-state index contributed by atoms with van der Waals surface area (Å²) in [4.78, 5) is 17.7. The van der Waals surface area contributed by atoms with E-state index in [-0.39, 0.29) is 5.97 Å². The molecule has 18 heavy (non-hydrogen) atoms. The van der Waals surface area contributed by atoms with Gasteiger partial charge in [-0.1, -0.05) is 0 Å². The van der Waals surface area contributed by atoms with Crippen molar-refractivity contribution in [3.8, 4) is 0 Å². The first-order valence-corrected chi connectivity index (χ1v) is 5.74. The molecular formula is C11H16N4O3. The molecule has 1 aliphatic rings. The number of carbonyl (C=O) groups excluding carboxylic acids is 1. The lowest BCUT2D eigenvalue weighted by molar-refractivity contribution is -0.154. The largest absolute Gasteiger partial charge is 0.467 e. The van der Waals surface area contributed by atoms with E-state index in [0.29, 0.717) is 25.6 Å². The molecule has 98 valence electrons. The molecule has 1 atom stereocenters. The van der Waals surface area contributed by atoms with E-state index in [1.807, 2.05) is 18.7 Å². The maximum absolute atomic E-state index is 11.4. The number of anilines is 1. The highest BCUT2D eigenvalue weighted by molar-refractivity contribution is 5.75. The predicted molar refractivity (Wildman–Crippen MR) is 63.3 cm³/mol. The molecule has 0 spiro atoms. The van der Waals surface area contributed by atoms with E-state index in [4.69, 9.17) is 4.74 Å². The number of esters is 1. The van der Waals surface area contributed by atoms with Crippen LogP contribution in [-0.4, -0.2) is 54.1 Å². The van der Waals surface area contributed by atoms with Crippen LogP contribution in [0.15, 0.2) is 0 Å². The molecule has 1 aromatic heterocycles. The van der Waals surface area contributed by atoms with Gasteiger partial charge in [0, 0.05) is 6.54 Å². The first kappa shape index (κ1) is 12.7. The highest BCUT2D eigenvalue weighted by Gasteiger charge is 2.28. The van der Waals surface area contributed by atoms with Crippen LogP contribution in [0.3, 0.4) is 0 Å². The fourth-order valence-electron chi connectivity index (χ4n) is 1.68. The van der Waals surface area contributed by atoms with Crippen LogP contribution in [0, 0.1) is 13.8 Å². The molecule has 0 amide bonds. The van der Waals surface area contributed by atoms with Gasteiger partial charge in [-0.05, 0) is 13.8 Å². The standard InChI is InChI=1S/C11H16N4O3/c1-7-8(2)13-14-11(12-7)15-4-5-18-9(6-15)10(16)17-3/h9H,4-6H2,1-3H3. The topological polar surface area (TPSA) is 77.4 Å². The van der Waals surface area contributed by atoms with E-state index < -0.39 is 6.10 Å². The van der Waals surface area contributed by atoms with Gasteiger partial charge in [0.15, 0.2) is 6.10 Å². The van der Waals surface area contributed by atoms with E-state index in [1.165, 1.54) is 7.11 Å². The SMILES string of the molecule is COC(=O)C1CN(c2nnc(C)c(C)n2)CCO1. The van der Waals surface area contributed by atoms with Crippen molar-refractivity contribution < 1.29 is 14.3 Å². The number of carbonyl (C=O) groups is 1. The Hall–Kier alpha value is -1.76. The molecule has 1 saturated heterocycles. The van der Waals surface area contributed by atoms with Gasteiger partial charge < -0.3 is 14.4 Å². The molecule has 1 aliphatic heterocycles. The Bertz CT molecular complexity index is 452. The fourth-order valence-corrected chi connectivity index (χ4v) is 1.68. The Labute approximate surface area is 105 Å². The molecule has 1 unspecified atom stereocenters. The van der Waals surface area contributed by atoms with Gasteiger partial charge in [-0.15, -0.1) is 5.10 Å². The molecule has 0 radical (unpaired) electrons. The Balaban J connectivity index is 2.13. The van der Waals surface area contributed by atoms with Gasteiger partial charge in [0.25, 0.3) is 0 Å². The molecule has 1 aromatic rings. The number of hydrogen-bond acceptors (Lipinski definition) is 7. The zero-order chi connectivity index (χ0) is 13.1. The third-order valence-electron chi connectivity index (χ3n) is 2.89. The van der Waals surface area contributed by atoms with Gasteiger partial charge in [0.2, 0.25) is 5.95 Å². The lowest BCUT2D eigenvalue weighted by Crippen LogP contribution is -2.47. The molecule has 0 aromatic carbocycles. The summed E-state index contributed by atoms with van der Waals surface area (Å²) in [5, 5.41) is 8.07. The van der Waals surface area contributed by atoms with Crippen LogP contribution >= 0.6 is 0 Å². The maximum atomic E-state index is 11.4. The van der Waals surface area contributed by atoms with Crippen LogP contribution in [0.25, 0.3) is 0 Å². The van der Waals surface area contributed by atoms with Crippen molar-refractivity contribution >= 4 is 11.9 Å². The van der Waals surface area contributed by atoms with Crippen molar-refractivity contribution in [3.63, 3.8) is 0 Å². The lowest BCUT2D eigenvalue weighted by Gasteiger charge is -2.31. The molecule has 7 nitrogen and oxygen atoms in total. The van der Waals surface area contributed by atoms with Crippen LogP contribution in [0.1, 0.15) is 11.4 Å². The lowest BCUT2D eigenvalue weighted by atomic mass is 10.3. The molecule has 0 N–H and O–H groups in total. The second-order valence-electron chi connectivity index (χ2n) is 4.11. The maximum Gasteiger partial charge on any atom is 0.336 e. The Morgan fingerprint density at radius 3 is 2.83 bits per heavy atom. The van der Waals surface area contributed by atoms with Crippen LogP contribution in [0.2, 0.25) is 0 Å². The summed E-state index contributed by atoms with van der Waals surface area (Å²) < 4.78 is 10.0. The van der Waals surface area contributed by atoms with Crippen LogP contribution in [0.4, 0.5) is 5.95 Å². The number of methoxy groups -OCH3 is 1. The molecule has 1 fully saturated rings. The summed E-state index contributed by atoms with van der Waals surface area (Å²) >= 11 is 0. The summed E-state index contributed by atoms with van der Waals surface area (Å²) in [6, 6.07) is 0. The number of nitrogens with zero attached hydrogens (tertiary/aromatic N) is 4. The predicted octanol–water partition coefficient (Wildman–Crippen LogP) is -0.133. The quantitative estimate of drug-likeness (QED) is 0.678.